The molecule has 0 aliphatic carbocycles. The summed E-state index contributed by atoms with van der Waals surface area (Å²) >= 11 is 0. The van der Waals surface area contributed by atoms with Crippen LogP contribution >= 0.6 is 0 Å². The van der Waals surface area contributed by atoms with Gasteiger partial charge in [0.1, 0.15) is 10.7 Å². The fourth-order valence-corrected chi connectivity index (χ4v) is 4.00. The van der Waals surface area contributed by atoms with E-state index in [1.54, 1.807) is 6.92 Å². The van der Waals surface area contributed by atoms with Gasteiger partial charge in [0.2, 0.25) is 15.9 Å². The lowest BCUT2D eigenvalue weighted by Gasteiger charge is -2.30. The Hall–Kier alpha value is -1.67. The highest BCUT2D eigenvalue weighted by atomic mass is 32.2. The highest BCUT2D eigenvalue weighted by molar-refractivity contribution is 7.89. The third-order valence-corrected chi connectivity index (χ3v) is 5.61. The summed E-state index contributed by atoms with van der Waals surface area (Å²) in [5.74, 6) is -1.93. The van der Waals surface area contributed by atoms with Gasteiger partial charge in [0.05, 0.1) is 5.92 Å². The van der Waals surface area contributed by atoms with Crippen LogP contribution in [0.25, 0.3) is 0 Å². The van der Waals surface area contributed by atoms with Crippen molar-refractivity contribution in [1.82, 2.24) is 4.31 Å². The predicted octanol–water partition coefficient (Wildman–Crippen LogP) is 0.602. The lowest BCUT2D eigenvalue weighted by molar-refractivity contribution is -0.122. The van der Waals surface area contributed by atoms with Crippen LogP contribution < -0.4 is 11.5 Å². The second-order valence-electron chi connectivity index (χ2n) is 5.24. The summed E-state index contributed by atoms with van der Waals surface area (Å²) in [7, 11) is -4.03. The number of aryl methyl sites for hydroxylation is 1. The summed E-state index contributed by atoms with van der Waals surface area (Å²) < 4.78 is 40.1. The van der Waals surface area contributed by atoms with Crippen LogP contribution in [0.3, 0.4) is 0 Å². The quantitative estimate of drug-likeness (QED) is 0.797. The zero-order chi connectivity index (χ0) is 15.8. The van der Waals surface area contributed by atoms with E-state index in [2.05, 4.69) is 0 Å². The molecule has 1 atom stereocenters. The molecule has 4 N–H and O–H groups in total. The maximum absolute atomic E-state index is 14.0. The van der Waals surface area contributed by atoms with Gasteiger partial charge in [-0.25, -0.2) is 12.8 Å². The number of carbonyl (C=O) groups is 1. The number of primary amides is 1. The van der Waals surface area contributed by atoms with Crippen LogP contribution in [-0.4, -0.2) is 31.7 Å². The minimum atomic E-state index is -4.03. The van der Waals surface area contributed by atoms with Gasteiger partial charge in [0.25, 0.3) is 0 Å². The third-order valence-electron chi connectivity index (χ3n) is 3.72. The molecular formula is C13H18FN3O3S. The van der Waals surface area contributed by atoms with Gasteiger partial charge in [-0.1, -0.05) is 0 Å². The van der Waals surface area contributed by atoms with Crippen molar-refractivity contribution in [3.63, 3.8) is 0 Å². The van der Waals surface area contributed by atoms with E-state index in [4.69, 9.17) is 11.5 Å². The molecule has 2 rings (SSSR count). The Morgan fingerprint density at radius 2 is 2.10 bits per heavy atom. The molecule has 1 unspecified atom stereocenters. The van der Waals surface area contributed by atoms with Gasteiger partial charge in [-0.05, 0) is 37.5 Å². The average molecular weight is 315 g/mol. The van der Waals surface area contributed by atoms with E-state index in [0.717, 1.165) is 16.4 Å². The SMILES string of the molecule is Cc1cc(F)c(S(=O)(=O)N2CCCC(C(N)=O)C2)cc1N. The van der Waals surface area contributed by atoms with Crippen molar-refractivity contribution < 1.29 is 17.6 Å². The maximum atomic E-state index is 14.0. The number of benzene rings is 1. The first-order valence-corrected chi connectivity index (χ1v) is 8.02. The van der Waals surface area contributed by atoms with Crippen molar-refractivity contribution in [3.05, 3.63) is 23.5 Å². The van der Waals surface area contributed by atoms with Gasteiger partial charge in [0, 0.05) is 18.8 Å². The lowest BCUT2D eigenvalue weighted by Crippen LogP contribution is -2.44. The topological polar surface area (TPSA) is 106 Å². The fourth-order valence-electron chi connectivity index (χ4n) is 2.40. The standard InChI is InChI=1S/C13H18FN3O3S/c1-8-5-10(14)12(6-11(8)15)21(19,20)17-4-2-3-9(7-17)13(16)18/h5-6,9H,2-4,7,15H2,1H3,(H2,16,18). The minimum absolute atomic E-state index is 0.0229. The number of rotatable bonds is 3. The number of sulfonamides is 1. The first kappa shape index (κ1) is 15.7. The van der Waals surface area contributed by atoms with E-state index in [0.29, 0.717) is 18.4 Å². The van der Waals surface area contributed by atoms with E-state index in [1.807, 2.05) is 0 Å². The number of piperidine rings is 1. The molecule has 0 aromatic heterocycles. The zero-order valence-electron chi connectivity index (χ0n) is 11.7. The molecule has 6 nitrogen and oxygen atoms in total. The predicted molar refractivity (Wildman–Crippen MR) is 76.2 cm³/mol. The van der Waals surface area contributed by atoms with Crippen molar-refractivity contribution in [2.24, 2.45) is 11.7 Å². The van der Waals surface area contributed by atoms with Crippen LogP contribution in [0.15, 0.2) is 17.0 Å². The van der Waals surface area contributed by atoms with Gasteiger partial charge >= 0.3 is 0 Å². The summed E-state index contributed by atoms with van der Waals surface area (Å²) in [4.78, 5) is 10.8. The lowest BCUT2D eigenvalue weighted by atomic mass is 9.99. The molecule has 1 aromatic rings. The Balaban J connectivity index is 2.38. The smallest absolute Gasteiger partial charge is 0.246 e. The van der Waals surface area contributed by atoms with Gasteiger partial charge in [-0.15, -0.1) is 0 Å². The molecule has 116 valence electrons. The molecule has 1 aromatic carbocycles. The number of nitrogen functional groups attached to an aromatic ring is 1. The molecule has 1 heterocycles. The van der Waals surface area contributed by atoms with Gasteiger partial charge < -0.3 is 11.5 Å². The van der Waals surface area contributed by atoms with E-state index >= 15 is 0 Å². The second-order valence-corrected chi connectivity index (χ2v) is 7.15. The van der Waals surface area contributed by atoms with Crippen molar-refractivity contribution in [2.45, 2.75) is 24.7 Å². The Labute approximate surface area is 123 Å². The molecule has 8 heteroatoms. The molecule has 0 saturated carbocycles. The number of halogens is 1. The van der Waals surface area contributed by atoms with Crippen molar-refractivity contribution in [1.29, 1.82) is 0 Å². The fraction of sp³-hybridized carbons (Fsp3) is 0.462. The largest absolute Gasteiger partial charge is 0.398 e. The highest BCUT2D eigenvalue weighted by Crippen LogP contribution is 2.27. The molecule has 0 spiro atoms. The van der Waals surface area contributed by atoms with Gasteiger partial charge in [-0.3, -0.25) is 4.79 Å². The van der Waals surface area contributed by atoms with Gasteiger partial charge in [0.15, 0.2) is 0 Å². The molecule has 1 aliphatic rings. The monoisotopic (exact) mass is 315 g/mol. The number of anilines is 1. The Bertz CT molecular complexity index is 675. The molecular weight excluding hydrogens is 297 g/mol. The number of carbonyl (C=O) groups excluding carboxylic acids is 1. The van der Waals surface area contributed by atoms with Crippen molar-refractivity contribution >= 4 is 21.6 Å². The Morgan fingerprint density at radius 3 is 2.71 bits per heavy atom. The molecule has 1 fully saturated rings. The summed E-state index contributed by atoms with van der Waals surface area (Å²) in [5, 5.41) is 0. The number of nitrogens with zero attached hydrogens (tertiary/aromatic N) is 1. The summed E-state index contributed by atoms with van der Waals surface area (Å²) in [6.45, 7) is 1.81. The van der Waals surface area contributed by atoms with Crippen LogP contribution in [0, 0.1) is 18.7 Å². The first-order chi connectivity index (χ1) is 9.73. The number of amides is 1. The molecule has 0 radical (unpaired) electrons. The van der Waals surface area contributed by atoms with Crippen LogP contribution in [-0.2, 0) is 14.8 Å². The van der Waals surface area contributed by atoms with Crippen LogP contribution in [0.1, 0.15) is 18.4 Å². The second kappa shape index (κ2) is 5.61. The maximum Gasteiger partial charge on any atom is 0.246 e. The van der Waals surface area contributed by atoms with E-state index in [1.165, 1.54) is 0 Å². The highest BCUT2D eigenvalue weighted by Gasteiger charge is 2.34. The number of nitrogens with two attached hydrogens (primary N) is 2. The molecule has 1 saturated heterocycles. The summed E-state index contributed by atoms with van der Waals surface area (Å²) in [6.07, 6.45) is 1.05. The molecule has 0 bridgehead atoms. The molecule has 1 aliphatic heterocycles. The van der Waals surface area contributed by atoms with Gasteiger partial charge in [-0.2, -0.15) is 4.31 Å². The minimum Gasteiger partial charge on any atom is -0.398 e. The van der Waals surface area contributed by atoms with Crippen molar-refractivity contribution in [3.8, 4) is 0 Å². The third kappa shape index (κ3) is 3.01. The van der Waals surface area contributed by atoms with E-state index < -0.39 is 32.6 Å². The summed E-state index contributed by atoms with van der Waals surface area (Å²) in [5.41, 5.74) is 11.6. The summed E-state index contributed by atoms with van der Waals surface area (Å²) in [6, 6.07) is 2.21. The number of hydrogen-bond donors (Lipinski definition) is 2. The molecule has 21 heavy (non-hydrogen) atoms. The van der Waals surface area contributed by atoms with E-state index in [9.17, 15) is 17.6 Å². The molecule has 1 amide bonds. The normalized spacial score (nSPS) is 20.4. The van der Waals surface area contributed by atoms with Crippen LogP contribution in [0.2, 0.25) is 0 Å². The van der Waals surface area contributed by atoms with Crippen LogP contribution in [0.4, 0.5) is 10.1 Å². The zero-order valence-corrected chi connectivity index (χ0v) is 12.5. The van der Waals surface area contributed by atoms with E-state index in [-0.39, 0.29) is 18.8 Å². The first-order valence-electron chi connectivity index (χ1n) is 6.58. The van der Waals surface area contributed by atoms with Crippen molar-refractivity contribution in [2.75, 3.05) is 18.8 Å². The Kier molecular flexibility index (Phi) is 4.20. The average Bonchev–Trinajstić information content (AvgIpc) is 2.42. The Morgan fingerprint density at radius 1 is 1.43 bits per heavy atom. The van der Waals surface area contributed by atoms with Crippen LogP contribution in [0.5, 0.6) is 0 Å². The number of hydrogen-bond acceptors (Lipinski definition) is 4.